The summed E-state index contributed by atoms with van der Waals surface area (Å²) in [7, 11) is -3.83. The van der Waals surface area contributed by atoms with E-state index in [1.807, 2.05) is 47.4 Å². The first-order chi connectivity index (χ1) is 21.4. The molecule has 0 spiro atoms. The fourth-order valence-electron chi connectivity index (χ4n) is 5.86. The summed E-state index contributed by atoms with van der Waals surface area (Å²) in [5.74, 6) is -0.0331. The van der Waals surface area contributed by atoms with Crippen molar-refractivity contribution in [1.29, 1.82) is 0 Å². The van der Waals surface area contributed by atoms with Crippen molar-refractivity contribution in [3.8, 4) is 0 Å². The molecule has 1 aliphatic heterocycles. The van der Waals surface area contributed by atoms with Gasteiger partial charge in [-0.1, -0.05) is 102 Å². The average Bonchev–Trinajstić information content (AvgIpc) is 3.46. The van der Waals surface area contributed by atoms with Crippen LogP contribution in [0.15, 0.2) is 126 Å². The van der Waals surface area contributed by atoms with Crippen LogP contribution in [-0.4, -0.2) is 55.3 Å². The molecule has 1 fully saturated rings. The Morgan fingerprint density at radius 2 is 1.36 bits per heavy atom. The van der Waals surface area contributed by atoms with Crippen LogP contribution in [0.3, 0.4) is 0 Å². The predicted molar refractivity (Wildman–Crippen MR) is 177 cm³/mol. The second-order valence-corrected chi connectivity index (χ2v) is 13.6. The highest BCUT2D eigenvalue weighted by molar-refractivity contribution is 7.93. The van der Waals surface area contributed by atoms with E-state index in [9.17, 15) is 13.2 Å². The number of sulfonamides is 1. The summed E-state index contributed by atoms with van der Waals surface area (Å²) in [6, 6.07) is 39.2. The number of carbonyl (C=O) groups is 1. The highest BCUT2D eigenvalue weighted by Gasteiger charge is 2.29. The fourth-order valence-corrected chi connectivity index (χ4v) is 8.04. The molecule has 0 aliphatic carbocycles. The zero-order chi connectivity index (χ0) is 30.1. The molecule has 0 radical (unpaired) electrons. The Kier molecular flexibility index (Phi) is 7.59. The predicted octanol–water partition coefficient (Wildman–Crippen LogP) is 6.80. The molecule has 44 heavy (non-hydrogen) atoms. The third kappa shape index (κ3) is 5.69. The minimum Gasteiger partial charge on any atom is -0.336 e. The van der Waals surface area contributed by atoms with Crippen LogP contribution < -0.4 is 4.72 Å². The zero-order valence-electron chi connectivity index (χ0n) is 23.8. The Balaban J connectivity index is 1.05. The smallest absolute Gasteiger partial charge is 0.263 e. The number of hydrogen-bond donors (Lipinski definition) is 1. The monoisotopic (exact) mass is 618 g/mol. The molecule has 1 N–H and O–H groups in total. The third-order valence-electron chi connectivity index (χ3n) is 8.09. The molecule has 7 nitrogen and oxygen atoms in total. The van der Waals surface area contributed by atoms with Gasteiger partial charge in [0.2, 0.25) is 0 Å². The first-order valence-electron chi connectivity index (χ1n) is 14.5. The van der Waals surface area contributed by atoms with E-state index in [0.29, 0.717) is 24.2 Å². The lowest BCUT2D eigenvalue weighted by molar-refractivity contribution is 0.0597. The van der Waals surface area contributed by atoms with Gasteiger partial charge in [0.15, 0.2) is 5.13 Å². The number of rotatable bonds is 7. The van der Waals surface area contributed by atoms with Gasteiger partial charge < -0.3 is 4.90 Å². The van der Waals surface area contributed by atoms with Crippen molar-refractivity contribution in [3.05, 3.63) is 138 Å². The minimum atomic E-state index is -3.83. The Bertz CT molecular complexity index is 2020. The Morgan fingerprint density at radius 3 is 2.05 bits per heavy atom. The molecule has 9 heteroatoms. The summed E-state index contributed by atoms with van der Waals surface area (Å²) in [6.45, 7) is 2.74. The third-order valence-corrected chi connectivity index (χ3v) is 10.5. The lowest BCUT2D eigenvalue weighted by Crippen LogP contribution is -2.49. The van der Waals surface area contributed by atoms with Crippen molar-refractivity contribution in [3.63, 3.8) is 0 Å². The standard InChI is InChI=1S/C35H30N4O3S2/c40-34(39-21-19-38(20-22-39)33(26-10-3-1-4-11-26)27-12-5-2-6-13-27)29-16-18-31-32(24-29)43-35(36-31)37-44(41,42)30-17-15-25-9-7-8-14-28(25)23-30/h1-18,23-24,33H,19-22H2,(H,36,37). The molecule has 1 amide bonds. The van der Waals surface area contributed by atoms with Crippen molar-refractivity contribution < 1.29 is 13.2 Å². The summed E-state index contributed by atoms with van der Waals surface area (Å²) in [5, 5.41) is 2.08. The molecular weight excluding hydrogens is 589 g/mol. The van der Waals surface area contributed by atoms with Gasteiger partial charge >= 0.3 is 0 Å². The van der Waals surface area contributed by atoms with E-state index in [2.05, 4.69) is 63.1 Å². The molecule has 1 aliphatic rings. The molecule has 0 unspecified atom stereocenters. The van der Waals surface area contributed by atoms with Crippen molar-refractivity contribution in [2.75, 3.05) is 30.9 Å². The first kappa shape index (κ1) is 28.2. The maximum absolute atomic E-state index is 13.6. The van der Waals surface area contributed by atoms with Gasteiger partial charge in [-0.05, 0) is 52.2 Å². The van der Waals surface area contributed by atoms with Gasteiger partial charge in [0.1, 0.15) is 0 Å². The summed E-state index contributed by atoms with van der Waals surface area (Å²) >= 11 is 1.22. The van der Waals surface area contributed by atoms with Crippen LogP contribution in [-0.2, 0) is 10.0 Å². The minimum absolute atomic E-state index is 0.0331. The summed E-state index contributed by atoms with van der Waals surface area (Å²) < 4.78 is 29.7. The van der Waals surface area contributed by atoms with Crippen molar-refractivity contribution in [1.82, 2.24) is 14.8 Å². The highest BCUT2D eigenvalue weighted by atomic mass is 32.2. The van der Waals surface area contributed by atoms with Crippen LogP contribution in [0.25, 0.3) is 21.0 Å². The number of hydrogen-bond acceptors (Lipinski definition) is 6. The maximum Gasteiger partial charge on any atom is 0.263 e. The van der Waals surface area contributed by atoms with Gasteiger partial charge in [-0.25, -0.2) is 13.4 Å². The van der Waals surface area contributed by atoms with Crippen LogP contribution in [0, 0.1) is 0 Å². The number of anilines is 1. The number of aromatic nitrogens is 1. The van der Waals surface area contributed by atoms with E-state index in [4.69, 9.17) is 0 Å². The van der Waals surface area contributed by atoms with Crippen LogP contribution >= 0.6 is 11.3 Å². The normalized spacial score (nSPS) is 14.3. The quantitative estimate of drug-likeness (QED) is 0.213. The Labute approximate surface area is 260 Å². The molecule has 220 valence electrons. The van der Waals surface area contributed by atoms with Crippen LogP contribution in [0.4, 0.5) is 5.13 Å². The molecule has 2 heterocycles. The lowest BCUT2D eigenvalue weighted by Gasteiger charge is -2.39. The number of nitrogens with zero attached hydrogens (tertiary/aromatic N) is 3. The number of amides is 1. The molecule has 0 atom stereocenters. The van der Waals surface area contributed by atoms with E-state index < -0.39 is 10.0 Å². The second kappa shape index (κ2) is 11.8. The first-order valence-corrected chi connectivity index (χ1v) is 16.8. The van der Waals surface area contributed by atoms with E-state index in [1.165, 1.54) is 22.5 Å². The summed E-state index contributed by atoms with van der Waals surface area (Å²) in [6.07, 6.45) is 0. The molecule has 0 saturated carbocycles. The molecule has 7 rings (SSSR count). The Hall–Kier alpha value is -4.57. The molecule has 5 aromatic carbocycles. The van der Waals surface area contributed by atoms with Crippen LogP contribution in [0.2, 0.25) is 0 Å². The fraction of sp³-hybridized carbons (Fsp3) is 0.143. The molecule has 1 saturated heterocycles. The lowest BCUT2D eigenvalue weighted by atomic mass is 9.96. The van der Waals surface area contributed by atoms with Gasteiger partial charge in [0, 0.05) is 31.7 Å². The Morgan fingerprint density at radius 1 is 0.727 bits per heavy atom. The van der Waals surface area contributed by atoms with Crippen LogP contribution in [0.5, 0.6) is 0 Å². The van der Waals surface area contributed by atoms with Gasteiger partial charge in [0.05, 0.1) is 21.2 Å². The molecule has 6 aromatic rings. The van der Waals surface area contributed by atoms with Gasteiger partial charge in [0.25, 0.3) is 15.9 Å². The average molecular weight is 619 g/mol. The van der Waals surface area contributed by atoms with E-state index >= 15 is 0 Å². The SMILES string of the molecule is O=C(c1ccc2nc(NS(=O)(=O)c3ccc4ccccc4c3)sc2c1)N1CCN(C(c2ccccc2)c2ccccc2)CC1. The van der Waals surface area contributed by atoms with Gasteiger partial charge in [-0.15, -0.1) is 0 Å². The maximum atomic E-state index is 13.6. The number of benzene rings is 5. The van der Waals surface area contributed by atoms with Gasteiger partial charge in [-0.2, -0.15) is 0 Å². The molecule has 1 aromatic heterocycles. The van der Waals surface area contributed by atoms with Crippen molar-refractivity contribution in [2.45, 2.75) is 10.9 Å². The molecular formula is C35H30N4O3S2. The summed E-state index contributed by atoms with van der Waals surface area (Å²) in [4.78, 5) is 22.6. The topological polar surface area (TPSA) is 82.6 Å². The number of carbonyl (C=O) groups excluding carboxylic acids is 1. The van der Waals surface area contributed by atoms with E-state index in [0.717, 1.165) is 28.6 Å². The highest BCUT2D eigenvalue weighted by Crippen LogP contribution is 2.32. The zero-order valence-corrected chi connectivity index (χ0v) is 25.5. The number of thiazole rings is 1. The van der Waals surface area contributed by atoms with E-state index in [1.54, 1.807) is 30.3 Å². The number of fused-ring (bicyclic) bond motifs is 2. The van der Waals surface area contributed by atoms with Crippen molar-refractivity contribution >= 4 is 53.4 Å². The number of piperazine rings is 1. The second-order valence-electron chi connectivity index (χ2n) is 10.9. The van der Waals surface area contributed by atoms with Crippen LogP contribution in [0.1, 0.15) is 27.5 Å². The van der Waals surface area contributed by atoms with Crippen molar-refractivity contribution in [2.24, 2.45) is 0 Å². The number of nitrogens with one attached hydrogen (secondary N) is 1. The summed E-state index contributed by atoms with van der Waals surface area (Å²) in [5.41, 5.74) is 3.68. The van der Waals surface area contributed by atoms with Gasteiger partial charge in [-0.3, -0.25) is 14.4 Å². The molecule has 0 bridgehead atoms. The van der Waals surface area contributed by atoms with E-state index in [-0.39, 0.29) is 22.0 Å². The largest absolute Gasteiger partial charge is 0.336 e.